The van der Waals surface area contributed by atoms with E-state index in [2.05, 4.69) is 10.2 Å². The van der Waals surface area contributed by atoms with E-state index in [1.54, 1.807) is 6.26 Å². The van der Waals surface area contributed by atoms with Crippen LogP contribution in [0.15, 0.2) is 22.8 Å². The third-order valence-electron chi connectivity index (χ3n) is 2.51. The third kappa shape index (κ3) is 3.57. The van der Waals surface area contributed by atoms with Crippen LogP contribution in [0.2, 0.25) is 0 Å². The van der Waals surface area contributed by atoms with Gasteiger partial charge >= 0.3 is 0 Å². The number of rotatable bonds is 4. The van der Waals surface area contributed by atoms with Crippen molar-refractivity contribution in [3.63, 3.8) is 0 Å². The number of hydrogen-bond donors (Lipinski definition) is 1. The quantitative estimate of drug-likeness (QED) is 0.851. The second kappa shape index (κ2) is 5.96. The van der Waals surface area contributed by atoms with Crippen LogP contribution in [0.4, 0.5) is 0 Å². The molecule has 0 bridgehead atoms. The number of thioether (sulfide) groups is 1. The molecular formula is C11H16N2O2S. The van der Waals surface area contributed by atoms with Gasteiger partial charge in [0.25, 0.3) is 0 Å². The first kappa shape index (κ1) is 11.5. The lowest BCUT2D eigenvalue weighted by Crippen LogP contribution is -2.41. The zero-order valence-electron chi connectivity index (χ0n) is 9.15. The molecule has 5 heteroatoms. The van der Waals surface area contributed by atoms with E-state index in [0.29, 0.717) is 13.1 Å². The van der Waals surface area contributed by atoms with Gasteiger partial charge < -0.3 is 9.73 Å². The molecule has 0 unspecified atom stereocenters. The smallest absolute Gasteiger partial charge is 0.234 e. The maximum Gasteiger partial charge on any atom is 0.234 e. The highest BCUT2D eigenvalue weighted by Crippen LogP contribution is 2.08. The lowest BCUT2D eigenvalue weighted by Gasteiger charge is -2.25. The van der Waals surface area contributed by atoms with Crippen molar-refractivity contribution in [2.75, 3.05) is 31.1 Å². The first-order valence-corrected chi connectivity index (χ1v) is 6.59. The van der Waals surface area contributed by atoms with Gasteiger partial charge in [-0.1, -0.05) is 0 Å². The summed E-state index contributed by atoms with van der Waals surface area (Å²) in [6.45, 7) is 3.01. The van der Waals surface area contributed by atoms with Crippen molar-refractivity contribution < 1.29 is 9.21 Å². The minimum absolute atomic E-state index is 0.0725. The zero-order valence-corrected chi connectivity index (χ0v) is 9.96. The zero-order chi connectivity index (χ0) is 11.2. The maximum atomic E-state index is 11.6. The molecule has 2 heterocycles. The monoisotopic (exact) mass is 240 g/mol. The molecule has 1 aromatic heterocycles. The molecule has 0 aliphatic carbocycles. The second-order valence-electron chi connectivity index (χ2n) is 3.74. The molecule has 0 aromatic carbocycles. The van der Waals surface area contributed by atoms with Gasteiger partial charge in [0.05, 0.1) is 19.4 Å². The minimum atomic E-state index is 0.0725. The maximum absolute atomic E-state index is 11.6. The summed E-state index contributed by atoms with van der Waals surface area (Å²) in [5.74, 6) is 3.13. The first-order chi connectivity index (χ1) is 7.84. The average molecular weight is 240 g/mol. The van der Waals surface area contributed by atoms with E-state index in [1.807, 2.05) is 23.9 Å². The summed E-state index contributed by atoms with van der Waals surface area (Å²) in [7, 11) is 0. The predicted octanol–water partition coefficient (Wildman–Crippen LogP) is 0.945. The van der Waals surface area contributed by atoms with Gasteiger partial charge in [-0.25, -0.2) is 0 Å². The average Bonchev–Trinajstić information content (AvgIpc) is 2.81. The minimum Gasteiger partial charge on any atom is -0.467 e. The Morgan fingerprint density at radius 2 is 2.31 bits per heavy atom. The molecule has 1 fully saturated rings. The SMILES string of the molecule is O=C(CN1CCSCC1)NCc1ccco1. The van der Waals surface area contributed by atoms with Crippen LogP contribution < -0.4 is 5.32 Å². The van der Waals surface area contributed by atoms with Crippen LogP contribution in [0.25, 0.3) is 0 Å². The van der Waals surface area contributed by atoms with Gasteiger partial charge in [-0.05, 0) is 12.1 Å². The Kier molecular flexibility index (Phi) is 4.30. The number of amides is 1. The van der Waals surface area contributed by atoms with Crippen LogP contribution in [0.1, 0.15) is 5.76 Å². The molecule has 0 atom stereocenters. The fourth-order valence-corrected chi connectivity index (χ4v) is 2.60. The predicted molar refractivity (Wildman–Crippen MR) is 64.3 cm³/mol. The Labute approximate surface area is 99.4 Å². The summed E-state index contributed by atoms with van der Waals surface area (Å²) in [6.07, 6.45) is 1.61. The largest absolute Gasteiger partial charge is 0.467 e. The molecule has 0 saturated carbocycles. The molecule has 1 N–H and O–H groups in total. The van der Waals surface area contributed by atoms with Gasteiger partial charge in [0, 0.05) is 24.6 Å². The topological polar surface area (TPSA) is 45.5 Å². The molecule has 0 spiro atoms. The number of carbonyl (C=O) groups is 1. The fraction of sp³-hybridized carbons (Fsp3) is 0.545. The third-order valence-corrected chi connectivity index (χ3v) is 3.45. The molecule has 1 amide bonds. The lowest BCUT2D eigenvalue weighted by atomic mass is 10.4. The van der Waals surface area contributed by atoms with E-state index >= 15 is 0 Å². The van der Waals surface area contributed by atoms with Crippen molar-refractivity contribution in [2.45, 2.75) is 6.54 Å². The van der Waals surface area contributed by atoms with Crippen LogP contribution in [-0.2, 0) is 11.3 Å². The van der Waals surface area contributed by atoms with E-state index in [1.165, 1.54) is 0 Å². The van der Waals surface area contributed by atoms with Crippen LogP contribution >= 0.6 is 11.8 Å². The first-order valence-electron chi connectivity index (χ1n) is 5.44. The highest BCUT2D eigenvalue weighted by atomic mass is 32.2. The number of carbonyl (C=O) groups excluding carboxylic acids is 1. The van der Waals surface area contributed by atoms with Crippen molar-refractivity contribution in [3.05, 3.63) is 24.2 Å². The van der Waals surface area contributed by atoms with Crippen molar-refractivity contribution in [1.82, 2.24) is 10.2 Å². The summed E-state index contributed by atoms with van der Waals surface area (Å²) in [6, 6.07) is 3.68. The van der Waals surface area contributed by atoms with Crippen LogP contribution in [0, 0.1) is 0 Å². The number of nitrogens with zero attached hydrogens (tertiary/aromatic N) is 1. The van der Waals surface area contributed by atoms with E-state index in [0.717, 1.165) is 30.4 Å². The van der Waals surface area contributed by atoms with E-state index in [9.17, 15) is 4.79 Å². The molecule has 1 aromatic rings. The highest BCUT2D eigenvalue weighted by molar-refractivity contribution is 7.99. The van der Waals surface area contributed by atoms with Gasteiger partial charge in [0.1, 0.15) is 5.76 Å². The Morgan fingerprint density at radius 1 is 1.50 bits per heavy atom. The number of furan rings is 1. The second-order valence-corrected chi connectivity index (χ2v) is 4.97. The van der Waals surface area contributed by atoms with Gasteiger partial charge in [0.2, 0.25) is 5.91 Å². The summed E-state index contributed by atoms with van der Waals surface area (Å²) in [5.41, 5.74) is 0. The molecule has 1 aliphatic heterocycles. The van der Waals surface area contributed by atoms with E-state index < -0.39 is 0 Å². The molecular weight excluding hydrogens is 224 g/mol. The fourth-order valence-electron chi connectivity index (χ4n) is 1.62. The van der Waals surface area contributed by atoms with Gasteiger partial charge in [-0.3, -0.25) is 9.69 Å². The summed E-state index contributed by atoms with van der Waals surface area (Å²) >= 11 is 1.95. The van der Waals surface area contributed by atoms with Crippen molar-refractivity contribution >= 4 is 17.7 Å². The standard InChI is InChI=1S/C11H16N2O2S/c14-11(9-13-3-6-16-7-4-13)12-8-10-2-1-5-15-10/h1-2,5H,3-4,6-9H2,(H,12,14). The van der Waals surface area contributed by atoms with E-state index in [-0.39, 0.29) is 5.91 Å². The van der Waals surface area contributed by atoms with Gasteiger partial charge in [-0.15, -0.1) is 0 Å². The Morgan fingerprint density at radius 3 is 3.00 bits per heavy atom. The van der Waals surface area contributed by atoms with Gasteiger partial charge in [0.15, 0.2) is 0 Å². The van der Waals surface area contributed by atoms with Crippen molar-refractivity contribution in [3.8, 4) is 0 Å². The highest BCUT2D eigenvalue weighted by Gasteiger charge is 2.13. The summed E-state index contributed by atoms with van der Waals surface area (Å²) in [4.78, 5) is 13.8. The molecule has 2 rings (SSSR count). The Hall–Kier alpha value is -0.940. The van der Waals surface area contributed by atoms with Gasteiger partial charge in [-0.2, -0.15) is 11.8 Å². The van der Waals surface area contributed by atoms with Crippen molar-refractivity contribution in [1.29, 1.82) is 0 Å². The number of hydrogen-bond acceptors (Lipinski definition) is 4. The Balaban J connectivity index is 1.67. The molecule has 1 saturated heterocycles. The van der Waals surface area contributed by atoms with Crippen molar-refractivity contribution in [2.24, 2.45) is 0 Å². The summed E-state index contributed by atoms with van der Waals surface area (Å²) < 4.78 is 5.14. The number of nitrogens with one attached hydrogen (secondary N) is 1. The lowest BCUT2D eigenvalue weighted by molar-refractivity contribution is -0.122. The molecule has 88 valence electrons. The molecule has 0 radical (unpaired) electrons. The molecule has 1 aliphatic rings. The van der Waals surface area contributed by atoms with Crippen LogP contribution in [0.3, 0.4) is 0 Å². The van der Waals surface area contributed by atoms with E-state index in [4.69, 9.17) is 4.42 Å². The summed E-state index contributed by atoms with van der Waals surface area (Å²) in [5, 5.41) is 2.85. The van der Waals surface area contributed by atoms with Crippen LogP contribution in [0.5, 0.6) is 0 Å². The molecule has 4 nitrogen and oxygen atoms in total. The Bertz CT molecular complexity index is 321. The van der Waals surface area contributed by atoms with Crippen LogP contribution in [-0.4, -0.2) is 41.9 Å². The molecule has 16 heavy (non-hydrogen) atoms. The normalized spacial score (nSPS) is 17.2.